The second kappa shape index (κ2) is 6.68. The lowest BCUT2D eigenvalue weighted by Gasteiger charge is -2.06. The van der Waals surface area contributed by atoms with E-state index < -0.39 is 0 Å². The van der Waals surface area contributed by atoms with Crippen LogP contribution in [0.15, 0.2) is 65.1 Å². The minimum atomic E-state index is -0.380. The number of nitrogens with one attached hydrogen (secondary N) is 1. The number of carbonyl (C=O) groups excluding carboxylic acids is 1. The van der Waals surface area contributed by atoms with Crippen LogP contribution in [0.5, 0.6) is 0 Å². The highest BCUT2D eigenvalue weighted by Crippen LogP contribution is 2.28. The predicted molar refractivity (Wildman–Crippen MR) is 103 cm³/mol. The lowest BCUT2D eigenvalue weighted by Crippen LogP contribution is -2.11. The van der Waals surface area contributed by atoms with Crippen LogP contribution in [0.1, 0.15) is 21.5 Å². The molecular weight excluding hydrogens is 343 g/mol. The maximum absolute atomic E-state index is 13.0. The Hall–Kier alpha value is -3.47. The molecule has 4 aromatic rings. The topological polar surface area (TPSA) is 55.1 Å². The number of fused-ring (bicyclic) bond motifs is 1. The van der Waals surface area contributed by atoms with Crippen LogP contribution >= 0.6 is 0 Å². The molecule has 1 N–H and O–H groups in total. The summed E-state index contributed by atoms with van der Waals surface area (Å²) in [6, 6.07) is 16.6. The first-order valence-corrected chi connectivity index (χ1v) is 8.55. The quantitative estimate of drug-likeness (QED) is 0.525. The standard InChI is InChI=1S/C22H17FN2O2/c1-13-10-19-20(11-14(13)2)27-22(25-19)16-4-3-5-18(12-16)24-21(26)15-6-8-17(23)9-7-15/h3-12H,1-2H3,(H,24,26). The Labute approximate surface area is 155 Å². The van der Waals surface area contributed by atoms with E-state index >= 15 is 0 Å². The number of halogens is 1. The van der Waals surface area contributed by atoms with Crippen LogP contribution in [0.4, 0.5) is 10.1 Å². The summed E-state index contributed by atoms with van der Waals surface area (Å²) < 4.78 is 18.9. The molecule has 1 aromatic heterocycles. The molecule has 3 aromatic carbocycles. The summed E-state index contributed by atoms with van der Waals surface area (Å²) in [6.45, 7) is 4.07. The summed E-state index contributed by atoms with van der Waals surface area (Å²) in [4.78, 5) is 16.9. The van der Waals surface area contributed by atoms with Gasteiger partial charge in [-0.25, -0.2) is 9.37 Å². The molecule has 134 valence electrons. The summed E-state index contributed by atoms with van der Waals surface area (Å²) in [5.41, 5.74) is 5.58. The second-order valence-corrected chi connectivity index (χ2v) is 6.47. The van der Waals surface area contributed by atoms with Gasteiger partial charge < -0.3 is 9.73 Å². The molecule has 0 radical (unpaired) electrons. The van der Waals surface area contributed by atoms with Crippen LogP contribution in [0, 0.1) is 19.7 Å². The fourth-order valence-corrected chi connectivity index (χ4v) is 2.84. The van der Waals surface area contributed by atoms with Crippen molar-refractivity contribution in [1.82, 2.24) is 4.98 Å². The highest BCUT2D eigenvalue weighted by Gasteiger charge is 2.11. The number of hydrogen-bond donors (Lipinski definition) is 1. The van der Waals surface area contributed by atoms with Crippen LogP contribution in [0.3, 0.4) is 0 Å². The second-order valence-electron chi connectivity index (χ2n) is 6.47. The Morgan fingerprint density at radius 3 is 2.52 bits per heavy atom. The molecule has 0 bridgehead atoms. The number of benzene rings is 3. The molecular formula is C22H17FN2O2. The highest BCUT2D eigenvalue weighted by molar-refractivity contribution is 6.04. The largest absolute Gasteiger partial charge is 0.436 e. The summed E-state index contributed by atoms with van der Waals surface area (Å²) in [5.74, 6) is -0.196. The van der Waals surface area contributed by atoms with E-state index in [9.17, 15) is 9.18 Å². The molecule has 0 saturated heterocycles. The first-order chi connectivity index (χ1) is 13.0. The fourth-order valence-electron chi connectivity index (χ4n) is 2.84. The van der Waals surface area contributed by atoms with Crippen molar-refractivity contribution >= 4 is 22.7 Å². The van der Waals surface area contributed by atoms with Gasteiger partial charge in [-0.1, -0.05) is 6.07 Å². The minimum Gasteiger partial charge on any atom is -0.436 e. The molecule has 0 aliphatic carbocycles. The van der Waals surface area contributed by atoms with Gasteiger partial charge in [-0.15, -0.1) is 0 Å². The third-order valence-corrected chi connectivity index (χ3v) is 4.48. The number of nitrogens with zero attached hydrogens (tertiary/aromatic N) is 1. The van der Waals surface area contributed by atoms with Crippen LogP contribution in [-0.2, 0) is 0 Å². The number of hydrogen-bond acceptors (Lipinski definition) is 3. The molecule has 1 amide bonds. The Kier molecular flexibility index (Phi) is 4.20. The molecule has 0 spiro atoms. The average molecular weight is 360 g/mol. The van der Waals surface area contributed by atoms with Gasteiger partial charge in [0.05, 0.1) is 0 Å². The van der Waals surface area contributed by atoms with Crippen LogP contribution < -0.4 is 5.32 Å². The first-order valence-electron chi connectivity index (χ1n) is 8.55. The minimum absolute atomic E-state index is 0.309. The van der Waals surface area contributed by atoms with E-state index in [-0.39, 0.29) is 11.7 Å². The maximum Gasteiger partial charge on any atom is 0.255 e. The maximum atomic E-state index is 13.0. The molecule has 0 fully saturated rings. The molecule has 0 atom stereocenters. The summed E-state index contributed by atoms with van der Waals surface area (Å²) in [5, 5.41) is 2.81. The Morgan fingerprint density at radius 1 is 1.00 bits per heavy atom. The molecule has 4 nitrogen and oxygen atoms in total. The zero-order valence-electron chi connectivity index (χ0n) is 14.9. The van der Waals surface area contributed by atoms with Crippen molar-refractivity contribution in [2.75, 3.05) is 5.32 Å². The van der Waals surface area contributed by atoms with Crippen molar-refractivity contribution in [1.29, 1.82) is 0 Å². The van der Waals surface area contributed by atoms with Gasteiger partial charge in [-0.3, -0.25) is 4.79 Å². The van der Waals surface area contributed by atoms with E-state index in [0.717, 1.165) is 27.8 Å². The van der Waals surface area contributed by atoms with Gasteiger partial charge >= 0.3 is 0 Å². The fraction of sp³-hybridized carbons (Fsp3) is 0.0909. The van der Waals surface area contributed by atoms with E-state index in [4.69, 9.17) is 4.42 Å². The monoisotopic (exact) mass is 360 g/mol. The third kappa shape index (κ3) is 3.44. The number of amides is 1. The van der Waals surface area contributed by atoms with Crippen LogP contribution in [0.25, 0.3) is 22.6 Å². The van der Waals surface area contributed by atoms with E-state index in [0.29, 0.717) is 17.1 Å². The summed E-state index contributed by atoms with van der Waals surface area (Å²) in [6.07, 6.45) is 0. The van der Waals surface area contributed by atoms with Gasteiger partial charge in [-0.05, 0) is 79.6 Å². The van der Waals surface area contributed by atoms with E-state index in [2.05, 4.69) is 10.3 Å². The smallest absolute Gasteiger partial charge is 0.255 e. The van der Waals surface area contributed by atoms with Gasteiger partial charge in [0.2, 0.25) is 5.89 Å². The van der Waals surface area contributed by atoms with Gasteiger partial charge in [0.25, 0.3) is 5.91 Å². The number of aromatic nitrogens is 1. The number of aryl methyl sites for hydroxylation is 2. The zero-order chi connectivity index (χ0) is 19.0. The average Bonchev–Trinajstić information content (AvgIpc) is 3.05. The highest BCUT2D eigenvalue weighted by atomic mass is 19.1. The van der Waals surface area contributed by atoms with Gasteiger partial charge in [0.1, 0.15) is 11.3 Å². The first kappa shape index (κ1) is 17.0. The molecule has 0 saturated carbocycles. The van der Waals surface area contributed by atoms with Gasteiger partial charge in [0.15, 0.2) is 5.58 Å². The van der Waals surface area contributed by atoms with E-state index in [1.807, 2.05) is 38.1 Å². The number of carbonyl (C=O) groups is 1. The Balaban J connectivity index is 1.62. The molecule has 0 aliphatic heterocycles. The summed E-state index contributed by atoms with van der Waals surface area (Å²) >= 11 is 0. The molecule has 1 heterocycles. The molecule has 27 heavy (non-hydrogen) atoms. The normalized spacial score (nSPS) is 10.9. The van der Waals surface area contributed by atoms with E-state index in [1.54, 1.807) is 12.1 Å². The molecule has 0 aliphatic rings. The number of oxazole rings is 1. The lowest BCUT2D eigenvalue weighted by atomic mass is 10.1. The van der Waals surface area contributed by atoms with Crippen LogP contribution in [-0.4, -0.2) is 10.9 Å². The Morgan fingerprint density at radius 2 is 1.74 bits per heavy atom. The van der Waals surface area contributed by atoms with Crippen molar-refractivity contribution in [3.63, 3.8) is 0 Å². The number of rotatable bonds is 3. The summed E-state index contributed by atoms with van der Waals surface area (Å²) in [7, 11) is 0. The zero-order valence-corrected chi connectivity index (χ0v) is 14.9. The van der Waals surface area contributed by atoms with E-state index in [1.165, 1.54) is 24.3 Å². The van der Waals surface area contributed by atoms with Crippen molar-refractivity contribution in [2.45, 2.75) is 13.8 Å². The van der Waals surface area contributed by atoms with Crippen molar-refractivity contribution in [3.8, 4) is 11.5 Å². The van der Waals surface area contributed by atoms with Gasteiger partial charge in [-0.2, -0.15) is 0 Å². The third-order valence-electron chi connectivity index (χ3n) is 4.48. The van der Waals surface area contributed by atoms with Crippen molar-refractivity contribution < 1.29 is 13.6 Å². The predicted octanol–water partition coefficient (Wildman–Crippen LogP) is 5.50. The number of anilines is 1. The van der Waals surface area contributed by atoms with Crippen molar-refractivity contribution in [2.24, 2.45) is 0 Å². The lowest BCUT2D eigenvalue weighted by molar-refractivity contribution is 0.102. The Bertz CT molecular complexity index is 1110. The molecule has 5 heteroatoms. The SMILES string of the molecule is Cc1cc2nc(-c3cccc(NC(=O)c4ccc(F)cc4)c3)oc2cc1C. The molecule has 0 unspecified atom stereocenters. The van der Waals surface area contributed by atoms with Crippen LogP contribution in [0.2, 0.25) is 0 Å². The van der Waals surface area contributed by atoms with Crippen molar-refractivity contribution in [3.05, 3.63) is 83.2 Å². The van der Waals surface area contributed by atoms with Gasteiger partial charge in [0, 0.05) is 16.8 Å². The molecule has 4 rings (SSSR count).